The molecule has 2 N–H and O–H groups in total. The molecule has 1 fully saturated rings. The van der Waals surface area contributed by atoms with Crippen molar-refractivity contribution in [2.24, 2.45) is 0 Å². The zero-order chi connectivity index (χ0) is 21.0. The Morgan fingerprint density at radius 2 is 1.90 bits per heavy atom. The molecule has 8 heteroatoms. The third-order valence-electron chi connectivity index (χ3n) is 5.24. The van der Waals surface area contributed by atoms with Crippen molar-refractivity contribution in [2.75, 3.05) is 13.2 Å². The van der Waals surface area contributed by atoms with Gasteiger partial charge < -0.3 is 14.6 Å². The lowest BCUT2D eigenvalue weighted by atomic mass is 10.00. The van der Waals surface area contributed by atoms with Crippen LogP contribution in [0.3, 0.4) is 0 Å². The van der Waals surface area contributed by atoms with Gasteiger partial charge in [-0.2, -0.15) is 0 Å². The molecule has 1 unspecified atom stereocenters. The maximum atomic E-state index is 12.8. The molecule has 0 spiro atoms. The van der Waals surface area contributed by atoms with E-state index in [1.165, 1.54) is 0 Å². The number of nitrogens with zero attached hydrogens (tertiary/aromatic N) is 3. The van der Waals surface area contributed by atoms with Crippen LogP contribution in [-0.4, -0.2) is 38.9 Å². The molecule has 2 aromatic heterocycles. The summed E-state index contributed by atoms with van der Waals surface area (Å²) < 4.78 is 6.02. The summed E-state index contributed by atoms with van der Waals surface area (Å²) in [5.74, 6) is 1.34. The number of carbonyl (C=O) groups excluding carboxylic acids is 1. The first-order valence-corrected chi connectivity index (χ1v) is 10.2. The van der Waals surface area contributed by atoms with E-state index < -0.39 is 0 Å². The first-order valence-electron chi connectivity index (χ1n) is 10.2. The van der Waals surface area contributed by atoms with Gasteiger partial charge in [0.1, 0.15) is 11.4 Å². The number of ketones is 1. The van der Waals surface area contributed by atoms with Crippen LogP contribution in [-0.2, 0) is 4.84 Å². The molecule has 1 aliphatic rings. The lowest BCUT2D eigenvalue weighted by molar-refractivity contribution is 0.0512. The highest BCUT2D eigenvalue weighted by Gasteiger charge is 2.21. The summed E-state index contributed by atoms with van der Waals surface area (Å²) in [6.45, 7) is 1.33. The molecular weight excluding hydrogens is 394 g/mol. The largest absolute Gasteiger partial charge is 0.437 e. The number of hydroxylamine groups is 1. The quantitative estimate of drug-likeness (QED) is 0.478. The van der Waals surface area contributed by atoms with E-state index in [0.717, 1.165) is 29.6 Å². The fourth-order valence-corrected chi connectivity index (χ4v) is 3.65. The Labute approximate surface area is 178 Å². The number of benzene rings is 2. The molecule has 156 valence electrons. The van der Waals surface area contributed by atoms with Crippen molar-refractivity contribution in [3.8, 4) is 11.6 Å². The Balaban J connectivity index is 1.34. The first-order chi connectivity index (χ1) is 15.3. The Morgan fingerprint density at radius 3 is 2.77 bits per heavy atom. The summed E-state index contributed by atoms with van der Waals surface area (Å²) in [5, 5.41) is 0. The van der Waals surface area contributed by atoms with Gasteiger partial charge in [0.2, 0.25) is 11.7 Å². The molecule has 0 aliphatic carbocycles. The number of aromatic amines is 1. The van der Waals surface area contributed by atoms with Crippen molar-refractivity contribution in [1.82, 2.24) is 25.4 Å². The van der Waals surface area contributed by atoms with Gasteiger partial charge in [-0.3, -0.25) is 9.78 Å². The molecular formula is C23H21N5O3. The second kappa shape index (κ2) is 8.63. The van der Waals surface area contributed by atoms with Crippen LogP contribution in [0.15, 0.2) is 60.9 Å². The van der Waals surface area contributed by atoms with Crippen LogP contribution in [0.5, 0.6) is 11.6 Å². The Morgan fingerprint density at radius 1 is 1.06 bits per heavy atom. The van der Waals surface area contributed by atoms with Crippen molar-refractivity contribution in [3.63, 3.8) is 0 Å². The number of ether oxygens (including phenoxy) is 1. The van der Waals surface area contributed by atoms with Crippen LogP contribution < -0.4 is 10.2 Å². The molecule has 0 amide bonds. The average molecular weight is 415 g/mol. The average Bonchev–Trinajstić information content (AvgIpc) is 3.06. The van der Waals surface area contributed by atoms with Gasteiger partial charge >= 0.3 is 0 Å². The number of imidazole rings is 1. The highest BCUT2D eigenvalue weighted by atomic mass is 16.6. The molecule has 0 saturated carbocycles. The van der Waals surface area contributed by atoms with E-state index in [1.807, 2.05) is 24.3 Å². The summed E-state index contributed by atoms with van der Waals surface area (Å²) in [6.07, 6.45) is 5.15. The Hall–Kier alpha value is -3.62. The molecule has 3 heterocycles. The molecule has 4 aromatic rings. The molecule has 0 bridgehead atoms. The highest BCUT2D eigenvalue weighted by Crippen LogP contribution is 2.30. The standard InChI is InChI=1S/C23H21N5O3/c29-21(22-27-18-5-1-2-6-19(18)28-22)15-7-9-17(10-8-15)31-23-20(24-11-12-25-23)16-4-3-13-30-26-14-16/h1-2,5-12,16,26H,3-4,13-14H2,(H,27,28). The van der Waals surface area contributed by atoms with Crippen molar-refractivity contribution < 1.29 is 14.4 Å². The fraction of sp³-hybridized carbons (Fsp3) is 0.217. The van der Waals surface area contributed by atoms with Gasteiger partial charge in [0.25, 0.3) is 0 Å². The molecule has 8 nitrogen and oxygen atoms in total. The van der Waals surface area contributed by atoms with Crippen molar-refractivity contribution in [2.45, 2.75) is 18.8 Å². The second-order valence-corrected chi connectivity index (χ2v) is 7.34. The number of carbonyl (C=O) groups is 1. The van der Waals surface area contributed by atoms with E-state index in [4.69, 9.17) is 9.57 Å². The highest BCUT2D eigenvalue weighted by molar-refractivity contribution is 6.08. The van der Waals surface area contributed by atoms with Gasteiger partial charge in [-0.25, -0.2) is 15.4 Å². The van der Waals surface area contributed by atoms with Crippen LogP contribution in [0.25, 0.3) is 11.0 Å². The monoisotopic (exact) mass is 415 g/mol. The maximum Gasteiger partial charge on any atom is 0.241 e. The van der Waals surface area contributed by atoms with Crippen LogP contribution in [0.2, 0.25) is 0 Å². The molecule has 31 heavy (non-hydrogen) atoms. The molecule has 2 aromatic carbocycles. The lowest BCUT2D eigenvalue weighted by Crippen LogP contribution is -2.19. The maximum absolute atomic E-state index is 12.8. The topological polar surface area (TPSA) is 102 Å². The SMILES string of the molecule is O=C(c1ccc(Oc2nccnc2C2CCCONC2)cc1)c1nc2ccccc2[nH]1. The second-order valence-electron chi connectivity index (χ2n) is 7.34. The minimum Gasteiger partial charge on any atom is -0.437 e. The fourth-order valence-electron chi connectivity index (χ4n) is 3.65. The predicted molar refractivity (Wildman–Crippen MR) is 114 cm³/mol. The van der Waals surface area contributed by atoms with E-state index >= 15 is 0 Å². The number of fused-ring (bicyclic) bond motifs is 1. The van der Waals surface area contributed by atoms with E-state index in [0.29, 0.717) is 36.2 Å². The molecule has 1 saturated heterocycles. The summed E-state index contributed by atoms with van der Waals surface area (Å²) in [4.78, 5) is 34.4. The van der Waals surface area contributed by atoms with Gasteiger partial charge in [-0.15, -0.1) is 0 Å². The number of aromatic nitrogens is 4. The number of para-hydroxylation sites is 2. The zero-order valence-electron chi connectivity index (χ0n) is 16.7. The van der Waals surface area contributed by atoms with Crippen LogP contribution in [0.4, 0.5) is 0 Å². The van der Waals surface area contributed by atoms with Crippen molar-refractivity contribution in [3.05, 3.63) is 78.0 Å². The van der Waals surface area contributed by atoms with Crippen molar-refractivity contribution in [1.29, 1.82) is 0 Å². The van der Waals surface area contributed by atoms with E-state index in [1.54, 1.807) is 36.7 Å². The lowest BCUT2D eigenvalue weighted by Gasteiger charge is -2.16. The summed E-state index contributed by atoms with van der Waals surface area (Å²) in [7, 11) is 0. The minimum atomic E-state index is -0.174. The number of nitrogens with one attached hydrogen (secondary N) is 2. The third kappa shape index (κ3) is 4.16. The zero-order valence-corrected chi connectivity index (χ0v) is 16.7. The minimum absolute atomic E-state index is 0.153. The van der Waals surface area contributed by atoms with Gasteiger partial charge in [0.15, 0.2) is 5.82 Å². The van der Waals surface area contributed by atoms with Gasteiger partial charge in [0.05, 0.1) is 17.6 Å². The molecule has 1 atom stereocenters. The molecule has 1 aliphatic heterocycles. The van der Waals surface area contributed by atoms with E-state index in [2.05, 4.69) is 25.4 Å². The summed E-state index contributed by atoms with van der Waals surface area (Å²) in [6, 6.07) is 14.5. The van der Waals surface area contributed by atoms with Gasteiger partial charge in [-0.05, 0) is 49.2 Å². The smallest absolute Gasteiger partial charge is 0.241 e. The van der Waals surface area contributed by atoms with Crippen LogP contribution in [0.1, 0.15) is 40.6 Å². The molecule has 0 radical (unpaired) electrons. The Bertz CT molecular complexity index is 1160. The Kier molecular flexibility index (Phi) is 5.39. The number of hydrogen-bond donors (Lipinski definition) is 2. The van der Waals surface area contributed by atoms with Crippen LogP contribution >= 0.6 is 0 Å². The summed E-state index contributed by atoms with van der Waals surface area (Å²) >= 11 is 0. The number of hydrogen-bond acceptors (Lipinski definition) is 7. The molecule has 5 rings (SSSR count). The number of rotatable bonds is 5. The van der Waals surface area contributed by atoms with Crippen molar-refractivity contribution >= 4 is 16.8 Å². The first kappa shape index (κ1) is 19.3. The van der Waals surface area contributed by atoms with Gasteiger partial charge in [0, 0.05) is 30.4 Å². The van der Waals surface area contributed by atoms with E-state index in [9.17, 15) is 4.79 Å². The van der Waals surface area contributed by atoms with Crippen LogP contribution in [0, 0.1) is 0 Å². The summed E-state index contributed by atoms with van der Waals surface area (Å²) in [5.41, 5.74) is 5.88. The predicted octanol–water partition coefficient (Wildman–Crippen LogP) is 3.77. The van der Waals surface area contributed by atoms with E-state index in [-0.39, 0.29) is 11.7 Å². The number of H-pyrrole nitrogens is 1. The normalized spacial score (nSPS) is 16.7. The van der Waals surface area contributed by atoms with Gasteiger partial charge in [-0.1, -0.05) is 12.1 Å². The third-order valence-corrected chi connectivity index (χ3v) is 5.24.